The first kappa shape index (κ1) is 11.3. The minimum Gasteiger partial charge on any atom is -0.284 e. The second-order valence-corrected chi connectivity index (χ2v) is 7.95. The van der Waals surface area contributed by atoms with Gasteiger partial charge in [0.15, 0.2) is 3.91 Å². The first-order valence-electron chi connectivity index (χ1n) is 4.60. The van der Waals surface area contributed by atoms with Gasteiger partial charge >= 0.3 is 0 Å². The van der Waals surface area contributed by atoms with Crippen molar-refractivity contribution >= 4 is 44.7 Å². The van der Waals surface area contributed by atoms with Crippen molar-refractivity contribution in [1.29, 1.82) is 0 Å². The summed E-state index contributed by atoms with van der Waals surface area (Å²) in [4.78, 5) is 8.65. The third kappa shape index (κ3) is 2.01. The van der Waals surface area contributed by atoms with Crippen molar-refractivity contribution in [1.82, 2.24) is 9.97 Å². The Hall–Kier alpha value is -0.830. The van der Waals surface area contributed by atoms with Crippen LogP contribution in [0.5, 0.6) is 0 Å². The van der Waals surface area contributed by atoms with Crippen LogP contribution >= 0.6 is 23.5 Å². The van der Waals surface area contributed by atoms with Gasteiger partial charge < -0.3 is 0 Å². The minimum atomic E-state index is -4.08. The largest absolute Gasteiger partial charge is 0.287 e. The summed E-state index contributed by atoms with van der Waals surface area (Å²) in [5.74, 6) is 0. The molecule has 0 radical (unpaired) electrons. The minimum absolute atomic E-state index is 0.552. The number of fused-ring (bicyclic) bond motifs is 2. The maximum absolute atomic E-state index is 11.1. The Labute approximate surface area is 106 Å². The Balaban J connectivity index is 2.12. The molecule has 88 valence electrons. The summed E-state index contributed by atoms with van der Waals surface area (Å²) in [5.41, 5.74) is 1.44. The van der Waals surface area contributed by atoms with Crippen LogP contribution in [0.3, 0.4) is 0 Å². The van der Waals surface area contributed by atoms with E-state index in [2.05, 4.69) is 9.97 Å². The molecule has 0 saturated heterocycles. The molecule has 2 aromatic rings. The van der Waals surface area contributed by atoms with E-state index in [1.165, 1.54) is 0 Å². The highest BCUT2D eigenvalue weighted by molar-refractivity contribution is 8.30. The molecule has 0 atom stereocenters. The van der Waals surface area contributed by atoms with Crippen molar-refractivity contribution < 1.29 is 13.0 Å². The average molecular weight is 286 g/mol. The van der Waals surface area contributed by atoms with Gasteiger partial charge in [0.2, 0.25) is 0 Å². The van der Waals surface area contributed by atoms with Crippen LogP contribution in [0.4, 0.5) is 0 Å². The van der Waals surface area contributed by atoms with E-state index in [1.807, 2.05) is 24.3 Å². The van der Waals surface area contributed by atoms with E-state index in [0.29, 0.717) is 10.1 Å². The number of benzene rings is 1. The van der Waals surface area contributed by atoms with E-state index < -0.39 is 14.0 Å². The molecule has 1 aromatic heterocycles. The van der Waals surface area contributed by atoms with Crippen LogP contribution in [0, 0.1) is 0 Å². The molecule has 0 spiro atoms. The predicted octanol–water partition coefficient (Wildman–Crippen LogP) is 2.00. The van der Waals surface area contributed by atoms with Gasteiger partial charge in [-0.25, -0.2) is 9.97 Å². The highest BCUT2D eigenvalue weighted by Gasteiger charge is 2.35. The highest BCUT2D eigenvalue weighted by atomic mass is 32.3. The number of hydrogen-bond donors (Lipinski definition) is 1. The Morgan fingerprint density at radius 3 is 1.94 bits per heavy atom. The zero-order valence-electron chi connectivity index (χ0n) is 8.27. The van der Waals surface area contributed by atoms with Crippen molar-refractivity contribution in [2.45, 2.75) is 14.0 Å². The molecule has 0 bridgehead atoms. The molecule has 0 fully saturated rings. The molecule has 1 aliphatic rings. The zero-order chi connectivity index (χ0) is 12.0. The Morgan fingerprint density at radius 1 is 1.06 bits per heavy atom. The fraction of sp³-hybridized carbons (Fsp3) is 0.111. The van der Waals surface area contributed by atoms with Gasteiger partial charge in [-0.15, -0.1) is 0 Å². The molecule has 2 heterocycles. The van der Waals surface area contributed by atoms with Gasteiger partial charge in [-0.1, -0.05) is 35.7 Å². The van der Waals surface area contributed by atoms with E-state index in [4.69, 9.17) is 4.55 Å². The van der Waals surface area contributed by atoms with Crippen LogP contribution < -0.4 is 0 Å². The van der Waals surface area contributed by atoms with Crippen LogP contribution in [0.15, 0.2) is 34.3 Å². The van der Waals surface area contributed by atoms with Crippen LogP contribution in [0.2, 0.25) is 0 Å². The van der Waals surface area contributed by atoms with Gasteiger partial charge in [-0.3, -0.25) is 4.55 Å². The summed E-state index contributed by atoms with van der Waals surface area (Å²) in [6.07, 6.45) is 0. The summed E-state index contributed by atoms with van der Waals surface area (Å²) >= 11 is 2.02. The fourth-order valence-electron chi connectivity index (χ4n) is 1.45. The monoisotopic (exact) mass is 286 g/mol. The van der Waals surface area contributed by atoms with Crippen molar-refractivity contribution in [2.24, 2.45) is 0 Å². The maximum Gasteiger partial charge on any atom is 0.287 e. The number of para-hydroxylation sites is 2. The van der Waals surface area contributed by atoms with Crippen LogP contribution in [-0.4, -0.2) is 26.9 Å². The lowest BCUT2D eigenvalue weighted by molar-refractivity contribution is 0.487. The number of thioether (sulfide) groups is 2. The van der Waals surface area contributed by atoms with Crippen molar-refractivity contribution in [3.05, 3.63) is 24.3 Å². The summed E-state index contributed by atoms with van der Waals surface area (Å²) in [7, 11) is -4.08. The van der Waals surface area contributed by atoms with Crippen molar-refractivity contribution in [3.63, 3.8) is 0 Å². The Morgan fingerprint density at radius 2 is 1.53 bits per heavy atom. The second kappa shape index (κ2) is 3.84. The van der Waals surface area contributed by atoms with E-state index in [9.17, 15) is 8.42 Å². The second-order valence-electron chi connectivity index (χ2n) is 3.36. The van der Waals surface area contributed by atoms with Gasteiger partial charge in [0.25, 0.3) is 10.1 Å². The summed E-state index contributed by atoms with van der Waals surface area (Å²) in [5, 5.41) is 1.10. The van der Waals surface area contributed by atoms with E-state index in [0.717, 1.165) is 34.6 Å². The SMILES string of the molecule is O=S(=O)(O)C1Sc2nc3ccccc3nc2S1. The smallest absolute Gasteiger partial charge is 0.284 e. The molecule has 1 N–H and O–H groups in total. The molecule has 1 aromatic carbocycles. The lowest BCUT2D eigenvalue weighted by Crippen LogP contribution is -2.09. The molecule has 0 unspecified atom stereocenters. The summed E-state index contributed by atoms with van der Waals surface area (Å²) in [6.45, 7) is 0. The lowest BCUT2D eigenvalue weighted by atomic mass is 10.3. The van der Waals surface area contributed by atoms with E-state index in [-0.39, 0.29) is 0 Å². The van der Waals surface area contributed by atoms with Gasteiger partial charge in [0.05, 0.1) is 11.0 Å². The normalized spacial score (nSPS) is 16.3. The topological polar surface area (TPSA) is 80.2 Å². The van der Waals surface area contributed by atoms with Gasteiger partial charge in [-0.2, -0.15) is 8.42 Å². The molecule has 3 rings (SSSR count). The average Bonchev–Trinajstić information content (AvgIpc) is 2.68. The number of aromatic nitrogens is 2. The maximum atomic E-state index is 11.1. The van der Waals surface area contributed by atoms with E-state index in [1.54, 1.807) is 0 Å². The highest BCUT2D eigenvalue weighted by Crippen LogP contribution is 2.48. The molecule has 17 heavy (non-hydrogen) atoms. The molecular weight excluding hydrogens is 280 g/mol. The van der Waals surface area contributed by atoms with Gasteiger partial charge in [-0.05, 0) is 12.1 Å². The van der Waals surface area contributed by atoms with Crippen LogP contribution in [-0.2, 0) is 10.1 Å². The van der Waals surface area contributed by atoms with E-state index >= 15 is 0 Å². The summed E-state index contributed by atoms with van der Waals surface area (Å²) in [6, 6.07) is 7.32. The molecule has 0 saturated carbocycles. The number of rotatable bonds is 1. The van der Waals surface area contributed by atoms with Crippen LogP contribution in [0.25, 0.3) is 11.0 Å². The lowest BCUT2D eigenvalue weighted by Gasteiger charge is -1.99. The zero-order valence-corrected chi connectivity index (χ0v) is 10.7. The predicted molar refractivity (Wildman–Crippen MR) is 66.6 cm³/mol. The molecular formula is C9H6N2O3S3. The quantitative estimate of drug-likeness (QED) is 0.803. The number of hydrogen-bond acceptors (Lipinski definition) is 6. The number of nitrogens with zero attached hydrogens (tertiary/aromatic N) is 2. The fourth-order valence-corrected chi connectivity index (χ4v) is 4.96. The third-order valence-corrected chi connectivity index (χ3v) is 6.80. The standard InChI is InChI=1S/C9H6N2O3S3/c12-17(13,14)9-15-7-8(16-9)11-6-4-2-1-3-5(6)10-7/h1-4,9H,(H,12,13,14). The first-order chi connectivity index (χ1) is 8.04. The summed E-state index contributed by atoms with van der Waals surface area (Å²) < 4.78 is 30.1. The van der Waals surface area contributed by atoms with Crippen molar-refractivity contribution in [2.75, 3.05) is 0 Å². The molecule has 0 aliphatic carbocycles. The first-order valence-corrected chi connectivity index (χ1v) is 7.87. The van der Waals surface area contributed by atoms with Crippen LogP contribution in [0.1, 0.15) is 0 Å². The third-order valence-electron chi connectivity index (χ3n) is 2.17. The molecule has 0 amide bonds. The Kier molecular flexibility index (Phi) is 2.54. The van der Waals surface area contributed by atoms with Gasteiger partial charge in [0, 0.05) is 0 Å². The van der Waals surface area contributed by atoms with Gasteiger partial charge in [0.1, 0.15) is 10.1 Å². The molecule has 5 nitrogen and oxygen atoms in total. The molecule has 1 aliphatic heterocycles. The molecule has 8 heteroatoms. The Bertz CT molecular complexity index is 657. The van der Waals surface area contributed by atoms with Crippen molar-refractivity contribution in [3.8, 4) is 0 Å².